The van der Waals surface area contributed by atoms with Gasteiger partial charge < -0.3 is 9.40 Å². The van der Waals surface area contributed by atoms with Gasteiger partial charge in [0.15, 0.2) is 0 Å². The number of hydrogen-bond donors (Lipinski definition) is 1. The molecule has 2 heterocycles. The molecule has 0 spiro atoms. The third-order valence-electron chi connectivity index (χ3n) is 3.81. The first-order valence-corrected chi connectivity index (χ1v) is 8.03. The highest BCUT2D eigenvalue weighted by molar-refractivity contribution is 6.30. The smallest absolute Gasteiger partial charge is 0.149 e. The fraction of sp³-hybridized carbons (Fsp3) is 0. The maximum Gasteiger partial charge on any atom is 0.149 e. The summed E-state index contributed by atoms with van der Waals surface area (Å²) in [5.74, 6) is 1.82. The molecule has 0 atom stereocenters. The molecule has 5 heteroatoms. The van der Waals surface area contributed by atoms with Gasteiger partial charge >= 0.3 is 0 Å². The van der Waals surface area contributed by atoms with Gasteiger partial charge in [-0.05, 0) is 48.5 Å². The molecule has 2 aromatic heterocycles. The van der Waals surface area contributed by atoms with Crippen LogP contribution in [0, 0.1) is 11.3 Å². The molecule has 0 saturated carbocycles. The summed E-state index contributed by atoms with van der Waals surface area (Å²) in [4.78, 5) is 7.61. The molecule has 25 heavy (non-hydrogen) atoms. The van der Waals surface area contributed by atoms with E-state index in [9.17, 15) is 5.26 Å². The number of para-hydroxylation sites is 2. The zero-order chi connectivity index (χ0) is 17.2. The zero-order valence-corrected chi connectivity index (χ0v) is 13.8. The van der Waals surface area contributed by atoms with Crippen LogP contribution < -0.4 is 0 Å². The molecule has 4 nitrogen and oxygen atoms in total. The van der Waals surface area contributed by atoms with Gasteiger partial charge in [-0.15, -0.1) is 0 Å². The van der Waals surface area contributed by atoms with Crippen molar-refractivity contribution in [3.05, 3.63) is 77.3 Å². The van der Waals surface area contributed by atoms with Gasteiger partial charge in [0.05, 0.1) is 16.6 Å². The summed E-state index contributed by atoms with van der Waals surface area (Å²) in [5, 5.41) is 10.2. The number of rotatable bonds is 3. The van der Waals surface area contributed by atoms with Crippen molar-refractivity contribution in [2.24, 2.45) is 0 Å². The Morgan fingerprint density at radius 1 is 1.08 bits per heavy atom. The lowest BCUT2D eigenvalue weighted by Crippen LogP contribution is -1.84. The van der Waals surface area contributed by atoms with Gasteiger partial charge in [0.1, 0.15) is 23.4 Å². The molecular weight excluding hydrogens is 334 g/mol. The van der Waals surface area contributed by atoms with Gasteiger partial charge in [-0.2, -0.15) is 5.26 Å². The van der Waals surface area contributed by atoms with Gasteiger partial charge in [0.25, 0.3) is 0 Å². The van der Waals surface area contributed by atoms with Gasteiger partial charge in [-0.25, -0.2) is 4.98 Å². The summed E-state index contributed by atoms with van der Waals surface area (Å²) < 4.78 is 5.83. The van der Waals surface area contributed by atoms with Crippen molar-refractivity contribution in [1.29, 1.82) is 5.26 Å². The quantitative estimate of drug-likeness (QED) is 0.496. The van der Waals surface area contributed by atoms with Crippen molar-refractivity contribution >= 4 is 34.3 Å². The first-order valence-electron chi connectivity index (χ1n) is 7.65. The van der Waals surface area contributed by atoms with E-state index < -0.39 is 0 Å². The first-order chi connectivity index (χ1) is 12.2. The number of halogens is 1. The van der Waals surface area contributed by atoms with Crippen LogP contribution in [0.25, 0.3) is 34.0 Å². The molecule has 0 aliphatic heterocycles. The Morgan fingerprint density at radius 2 is 1.88 bits per heavy atom. The van der Waals surface area contributed by atoms with Crippen LogP contribution in [0.2, 0.25) is 5.02 Å². The summed E-state index contributed by atoms with van der Waals surface area (Å²) in [5.41, 5.74) is 3.04. The third-order valence-corrected chi connectivity index (χ3v) is 4.06. The van der Waals surface area contributed by atoms with E-state index in [-0.39, 0.29) is 0 Å². The fourth-order valence-corrected chi connectivity index (χ4v) is 2.70. The number of nitrogens with one attached hydrogen (secondary N) is 1. The van der Waals surface area contributed by atoms with Gasteiger partial charge in [-0.1, -0.05) is 23.7 Å². The summed E-state index contributed by atoms with van der Waals surface area (Å²) in [7, 11) is 0. The molecular formula is C20H12ClN3O. The summed E-state index contributed by atoms with van der Waals surface area (Å²) in [6.07, 6.45) is 1.68. The fourth-order valence-electron chi connectivity index (χ4n) is 2.58. The Balaban J connectivity index is 1.69. The van der Waals surface area contributed by atoms with E-state index in [1.165, 1.54) is 0 Å². The number of nitrogens with zero attached hydrogens (tertiary/aromatic N) is 2. The molecule has 2 aromatic carbocycles. The Morgan fingerprint density at radius 3 is 2.64 bits per heavy atom. The van der Waals surface area contributed by atoms with Crippen LogP contribution in [0.15, 0.2) is 65.1 Å². The SMILES string of the molecule is N#CC(=Cc1ccc(-c2ccc(Cl)cc2)o1)c1nc2ccccc2[nH]1. The van der Waals surface area contributed by atoms with Gasteiger partial charge in [0.2, 0.25) is 0 Å². The average molecular weight is 346 g/mol. The molecule has 0 fully saturated rings. The Kier molecular flexibility index (Phi) is 3.85. The van der Waals surface area contributed by atoms with Crippen LogP contribution in [-0.2, 0) is 0 Å². The Bertz CT molecular complexity index is 1080. The predicted molar refractivity (Wildman–Crippen MR) is 98.7 cm³/mol. The molecule has 0 bridgehead atoms. The number of hydrogen-bond acceptors (Lipinski definition) is 3. The molecule has 0 aliphatic rings. The predicted octanol–water partition coefficient (Wildman–Crippen LogP) is 5.54. The van der Waals surface area contributed by atoms with E-state index in [0.29, 0.717) is 27.9 Å². The van der Waals surface area contributed by atoms with Gasteiger partial charge in [-0.3, -0.25) is 0 Å². The van der Waals surface area contributed by atoms with Crippen LogP contribution in [0.3, 0.4) is 0 Å². The molecule has 4 aromatic rings. The minimum Gasteiger partial charge on any atom is -0.457 e. The van der Waals surface area contributed by atoms with E-state index in [1.54, 1.807) is 6.08 Å². The minimum absolute atomic E-state index is 0.410. The Labute approximate surface area is 149 Å². The number of nitriles is 1. The third kappa shape index (κ3) is 3.06. The molecule has 120 valence electrons. The lowest BCUT2D eigenvalue weighted by molar-refractivity contribution is 0.572. The number of imidazole rings is 1. The Hall–Kier alpha value is -3.29. The highest BCUT2D eigenvalue weighted by Crippen LogP contribution is 2.26. The second-order valence-corrected chi connectivity index (χ2v) is 5.92. The molecule has 0 saturated heterocycles. The van der Waals surface area contributed by atoms with Crippen LogP contribution in [0.5, 0.6) is 0 Å². The van der Waals surface area contributed by atoms with Crippen molar-refractivity contribution in [2.75, 3.05) is 0 Å². The summed E-state index contributed by atoms with van der Waals surface area (Å²) in [6.45, 7) is 0. The van der Waals surface area contributed by atoms with E-state index >= 15 is 0 Å². The summed E-state index contributed by atoms with van der Waals surface area (Å²) >= 11 is 5.91. The van der Waals surface area contributed by atoms with E-state index in [1.807, 2.05) is 60.7 Å². The number of benzene rings is 2. The maximum absolute atomic E-state index is 9.49. The van der Waals surface area contributed by atoms with Crippen molar-refractivity contribution in [1.82, 2.24) is 9.97 Å². The molecule has 4 rings (SSSR count). The average Bonchev–Trinajstić information content (AvgIpc) is 3.27. The first kappa shape index (κ1) is 15.3. The van der Waals surface area contributed by atoms with Gasteiger partial charge in [0, 0.05) is 16.7 Å². The molecule has 0 amide bonds. The number of H-pyrrole nitrogens is 1. The lowest BCUT2D eigenvalue weighted by Gasteiger charge is -1.97. The number of furan rings is 1. The number of fused-ring (bicyclic) bond motifs is 1. The molecule has 0 unspecified atom stereocenters. The highest BCUT2D eigenvalue weighted by Gasteiger charge is 2.10. The van der Waals surface area contributed by atoms with Crippen molar-refractivity contribution < 1.29 is 4.42 Å². The van der Waals surface area contributed by atoms with E-state index in [0.717, 1.165) is 16.6 Å². The normalized spacial score (nSPS) is 11.6. The topological polar surface area (TPSA) is 65.6 Å². The number of allylic oxidation sites excluding steroid dienone is 1. The van der Waals surface area contributed by atoms with E-state index in [2.05, 4.69) is 16.0 Å². The molecule has 0 aliphatic carbocycles. The number of aromatic amines is 1. The second-order valence-electron chi connectivity index (χ2n) is 5.48. The lowest BCUT2D eigenvalue weighted by atomic mass is 10.2. The zero-order valence-electron chi connectivity index (χ0n) is 13.0. The summed E-state index contributed by atoms with van der Waals surface area (Å²) in [6, 6.07) is 20.9. The highest BCUT2D eigenvalue weighted by atomic mass is 35.5. The molecule has 1 N–H and O–H groups in total. The largest absolute Gasteiger partial charge is 0.457 e. The van der Waals surface area contributed by atoms with Crippen LogP contribution >= 0.6 is 11.6 Å². The standard InChI is InChI=1S/C20H12ClN3O/c21-15-7-5-13(6-8-15)19-10-9-16(25-19)11-14(12-22)20-23-17-3-1-2-4-18(17)24-20/h1-11H,(H,23,24). The van der Waals surface area contributed by atoms with Crippen molar-refractivity contribution in [2.45, 2.75) is 0 Å². The van der Waals surface area contributed by atoms with E-state index in [4.69, 9.17) is 16.0 Å². The van der Waals surface area contributed by atoms with Crippen LogP contribution in [-0.4, -0.2) is 9.97 Å². The molecule has 0 radical (unpaired) electrons. The number of aromatic nitrogens is 2. The monoisotopic (exact) mass is 345 g/mol. The van der Waals surface area contributed by atoms with Crippen molar-refractivity contribution in [3.8, 4) is 17.4 Å². The minimum atomic E-state index is 0.410. The van der Waals surface area contributed by atoms with Crippen molar-refractivity contribution in [3.63, 3.8) is 0 Å². The van der Waals surface area contributed by atoms with Crippen LogP contribution in [0.1, 0.15) is 11.6 Å². The second kappa shape index (κ2) is 6.31. The maximum atomic E-state index is 9.49. The van der Waals surface area contributed by atoms with Crippen LogP contribution in [0.4, 0.5) is 0 Å².